The molecule has 6 heterocycles. The highest BCUT2D eigenvalue weighted by Gasteiger charge is 2.21. The molecule has 15 rings (SSSR count). The van der Waals surface area contributed by atoms with Crippen molar-refractivity contribution in [2.45, 2.75) is 39.3 Å². The summed E-state index contributed by atoms with van der Waals surface area (Å²) in [6.07, 6.45) is 10.7. The summed E-state index contributed by atoms with van der Waals surface area (Å²) in [5.74, 6) is -3.16. The topological polar surface area (TPSA) is 317 Å². The van der Waals surface area contributed by atoms with Crippen LogP contribution >= 0.6 is 0 Å². The fourth-order valence-corrected chi connectivity index (χ4v) is 12.0. The van der Waals surface area contributed by atoms with E-state index in [0.29, 0.717) is 94.3 Å². The number of benzene rings is 9. The van der Waals surface area contributed by atoms with E-state index < -0.39 is 23.4 Å². The second-order valence-electron chi connectivity index (χ2n) is 24.7. The molecule has 0 aliphatic rings. The number of aromatic nitrogens is 6. The molecule has 15 aromatic rings. The van der Waals surface area contributed by atoms with Gasteiger partial charge in [-0.2, -0.15) is 15.3 Å². The van der Waals surface area contributed by atoms with Gasteiger partial charge in [0.25, 0.3) is 0 Å². The van der Waals surface area contributed by atoms with Crippen LogP contribution in [-0.2, 0) is 39.3 Å². The SMILES string of the molecule is O=C(O)c1c(O)c(N=Nc2ccc(N(Cc3ccccn3)Cc3ccccn3)cc2)cc2ccccc12.O=C(O)c1cc2ccccc2c(N=Nc2ccc(N(Cc3ccccn3)Cc3ccccn3)cc2)c1O.Oc1ccc(N=Nc2ccc(N(Cc3ccccn3)Cc3ccccn3)cc2)c2c(O)cccc12. The molecule has 0 aliphatic carbocycles. The highest BCUT2D eigenvalue weighted by Crippen LogP contribution is 2.42. The van der Waals surface area contributed by atoms with Gasteiger partial charge in [0, 0.05) is 70.4 Å². The van der Waals surface area contributed by atoms with E-state index in [0.717, 1.165) is 51.2 Å². The second kappa shape index (κ2) is 35.0. The van der Waals surface area contributed by atoms with Gasteiger partial charge in [0.05, 0.1) is 102 Å². The molecule has 0 aliphatic heterocycles. The molecule has 0 saturated heterocycles. The van der Waals surface area contributed by atoms with Crippen LogP contribution < -0.4 is 14.7 Å². The van der Waals surface area contributed by atoms with E-state index >= 15 is 0 Å². The average Bonchev–Trinajstić information content (AvgIpc) is 0.793. The number of fused-ring (bicyclic) bond motifs is 3. The molecule has 0 fully saturated rings. The van der Waals surface area contributed by atoms with Crippen molar-refractivity contribution >= 4 is 95.4 Å². The Morgan fingerprint density at radius 2 is 0.661 bits per heavy atom. The van der Waals surface area contributed by atoms with Crippen LogP contribution in [0.15, 0.2) is 341 Å². The summed E-state index contributed by atoms with van der Waals surface area (Å²) in [4.78, 5) is 56.7. The Labute approximate surface area is 625 Å². The fourth-order valence-electron chi connectivity index (χ4n) is 12.0. The standard InChI is InChI=1S/2C29H23N5O3.C28H23N5O2/c35-28-26(17-20-7-1-2-10-25(20)27(28)29(36)37)33-32-21-11-13-24(14-12-21)34(18-22-8-3-5-15-30-22)19-23-9-4-6-16-31-23;35-28-26(29(36)37)17-20-7-1-2-10-25(20)27(28)33-32-21-11-13-24(14-12-21)34(18-22-8-3-5-15-30-22)19-23-9-4-6-16-31-23;34-26-15-14-25(28-24(26)8-5-9-27(28)35)32-31-20-10-12-23(13-11-20)33(18-21-6-1-3-16-29-21)19-22-7-2-4-17-30-22/h2*1-17,35H,18-19H2,(H,36,37);1-17,34-35H,18-19H2. The van der Waals surface area contributed by atoms with Gasteiger partial charge < -0.3 is 45.3 Å². The summed E-state index contributed by atoms with van der Waals surface area (Å²) in [5.41, 5.74) is 10.6. The third kappa shape index (κ3) is 18.7. The molecular weight excluding hydrogens is 1370 g/mol. The van der Waals surface area contributed by atoms with Crippen LogP contribution in [0.25, 0.3) is 32.3 Å². The number of carboxylic acid groups (broad SMARTS) is 2. The molecular formula is C86H69N15O8. The summed E-state index contributed by atoms with van der Waals surface area (Å²) in [5, 5.41) is 89.6. The molecule has 6 N–H and O–H groups in total. The molecule has 0 saturated carbocycles. The zero-order valence-corrected chi connectivity index (χ0v) is 58.4. The van der Waals surface area contributed by atoms with E-state index in [9.17, 15) is 40.2 Å². The van der Waals surface area contributed by atoms with Crippen LogP contribution in [0.1, 0.15) is 54.9 Å². The van der Waals surface area contributed by atoms with Gasteiger partial charge in [-0.05, 0) is 187 Å². The lowest BCUT2D eigenvalue weighted by Crippen LogP contribution is -2.23. The average molecular weight is 1440 g/mol. The summed E-state index contributed by atoms with van der Waals surface area (Å²) >= 11 is 0. The number of carbonyl (C=O) groups is 2. The Bertz CT molecular complexity index is 5560. The second-order valence-corrected chi connectivity index (χ2v) is 24.7. The Balaban J connectivity index is 0.000000144. The van der Waals surface area contributed by atoms with Crippen molar-refractivity contribution in [1.29, 1.82) is 0 Å². The van der Waals surface area contributed by atoms with Crippen LogP contribution in [-0.4, -0.2) is 72.5 Å². The number of hydrogen-bond acceptors (Lipinski definition) is 21. The van der Waals surface area contributed by atoms with Crippen molar-refractivity contribution in [3.63, 3.8) is 0 Å². The van der Waals surface area contributed by atoms with Gasteiger partial charge in [-0.25, -0.2) is 9.59 Å². The van der Waals surface area contributed by atoms with E-state index in [4.69, 9.17) is 0 Å². The summed E-state index contributed by atoms with van der Waals surface area (Å²) in [6.45, 7) is 3.66. The van der Waals surface area contributed by atoms with Crippen molar-refractivity contribution in [2.75, 3.05) is 14.7 Å². The first-order chi connectivity index (χ1) is 53.3. The molecule has 0 atom stereocenters. The Kier molecular flexibility index (Phi) is 23.2. The van der Waals surface area contributed by atoms with Crippen molar-refractivity contribution in [1.82, 2.24) is 29.9 Å². The van der Waals surface area contributed by atoms with Gasteiger partial charge >= 0.3 is 11.9 Å². The first-order valence-corrected chi connectivity index (χ1v) is 34.4. The van der Waals surface area contributed by atoms with Crippen molar-refractivity contribution in [3.05, 3.63) is 355 Å². The molecule has 23 heteroatoms. The fraction of sp³-hybridized carbons (Fsp3) is 0.0698. The third-order valence-electron chi connectivity index (χ3n) is 17.3. The van der Waals surface area contributed by atoms with Gasteiger partial charge in [0.1, 0.15) is 34.0 Å². The van der Waals surface area contributed by atoms with Crippen LogP contribution in [0.4, 0.5) is 51.2 Å². The highest BCUT2D eigenvalue weighted by atomic mass is 16.4. The number of carboxylic acids is 2. The minimum atomic E-state index is -1.23. The number of aromatic hydroxyl groups is 4. The Morgan fingerprint density at radius 3 is 1.05 bits per heavy atom. The Morgan fingerprint density at radius 1 is 0.303 bits per heavy atom. The van der Waals surface area contributed by atoms with Crippen LogP contribution in [0.5, 0.6) is 23.0 Å². The number of hydrogen-bond donors (Lipinski definition) is 6. The molecule has 0 amide bonds. The molecule has 536 valence electrons. The van der Waals surface area contributed by atoms with E-state index in [1.165, 1.54) is 6.07 Å². The van der Waals surface area contributed by atoms with Crippen LogP contribution in [0.3, 0.4) is 0 Å². The largest absolute Gasteiger partial charge is 0.507 e. The van der Waals surface area contributed by atoms with Gasteiger partial charge in [-0.15, -0.1) is 15.3 Å². The van der Waals surface area contributed by atoms with E-state index in [-0.39, 0.29) is 34.0 Å². The predicted octanol–water partition coefficient (Wildman–Crippen LogP) is 20.0. The van der Waals surface area contributed by atoms with E-state index in [1.807, 2.05) is 182 Å². The van der Waals surface area contributed by atoms with Crippen LogP contribution in [0.2, 0.25) is 0 Å². The van der Waals surface area contributed by atoms with E-state index in [2.05, 4.69) is 75.3 Å². The minimum Gasteiger partial charge on any atom is -0.507 e. The van der Waals surface area contributed by atoms with Crippen LogP contribution in [0, 0.1) is 0 Å². The number of anilines is 3. The monoisotopic (exact) mass is 1440 g/mol. The Hall–Kier alpha value is -15.0. The lowest BCUT2D eigenvalue weighted by molar-refractivity contribution is 0.0683. The number of phenols is 4. The quantitative estimate of drug-likeness (QED) is 0.0324. The molecule has 6 aromatic heterocycles. The van der Waals surface area contributed by atoms with Gasteiger partial charge in [0.15, 0.2) is 11.5 Å². The lowest BCUT2D eigenvalue weighted by Gasteiger charge is -2.24. The van der Waals surface area contributed by atoms with Crippen molar-refractivity contribution < 1.29 is 40.2 Å². The highest BCUT2D eigenvalue weighted by molar-refractivity contribution is 6.08. The molecule has 23 nitrogen and oxygen atoms in total. The first kappa shape index (κ1) is 72.4. The maximum absolute atomic E-state index is 11.8. The molecule has 109 heavy (non-hydrogen) atoms. The summed E-state index contributed by atoms with van der Waals surface area (Å²) in [7, 11) is 0. The molecule has 0 unspecified atom stereocenters. The summed E-state index contributed by atoms with van der Waals surface area (Å²) in [6, 6.07) is 83.2. The van der Waals surface area contributed by atoms with Gasteiger partial charge in [-0.1, -0.05) is 97.1 Å². The molecule has 9 aromatic carbocycles. The number of nitrogens with zero attached hydrogens (tertiary/aromatic N) is 15. The number of phenolic OH excluding ortho intramolecular Hbond substituents is 2. The first-order valence-electron chi connectivity index (χ1n) is 34.4. The third-order valence-corrected chi connectivity index (χ3v) is 17.3. The molecule has 0 spiro atoms. The maximum atomic E-state index is 11.8. The molecule has 0 radical (unpaired) electrons. The molecule has 0 bridgehead atoms. The summed E-state index contributed by atoms with van der Waals surface area (Å²) < 4.78 is 0. The van der Waals surface area contributed by atoms with Crippen molar-refractivity contribution in [2.24, 2.45) is 30.7 Å². The van der Waals surface area contributed by atoms with Gasteiger partial charge in [-0.3, -0.25) is 29.9 Å². The zero-order valence-electron chi connectivity index (χ0n) is 58.4. The van der Waals surface area contributed by atoms with E-state index in [1.54, 1.807) is 122 Å². The number of azo groups is 3. The predicted molar refractivity (Wildman–Crippen MR) is 419 cm³/mol. The zero-order chi connectivity index (χ0) is 75.3. The lowest BCUT2D eigenvalue weighted by atomic mass is 10.0. The smallest absolute Gasteiger partial charge is 0.340 e. The number of aromatic carboxylic acids is 2. The normalized spacial score (nSPS) is 11.2. The minimum absolute atomic E-state index is 0.0439. The number of rotatable bonds is 23. The maximum Gasteiger partial charge on any atom is 0.340 e. The van der Waals surface area contributed by atoms with Crippen molar-refractivity contribution in [3.8, 4) is 23.0 Å². The number of pyridine rings is 6. The van der Waals surface area contributed by atoms with Gasteiger partial charge in [0.2, 0.25) is 0 Å².